The molecule has 1 atom stereocenters. The van der Waals surface area contributed by atoms with Gasteiger partial charge >= 0.3 is 6.09 Å². The van der Waals surface area contributed by atoms with Crippen LogP contribution in [0.25, 0.3) is 0 Å². The van der Waals surface area contributed by atoms with Gasteiger partial charge in [-0.2, -0.15) is 0 Å². The molecule has 0 aromatic heterocycles. The lowest BCUT2D eigenvalue weighted by Crippen LogP contribution is -2.28. The number of carbonyl (C=O) groups is 3. The first kappa shape index (κ1) is 22.2. The first-order valence-corrected chi connectivity index (χ1v) is 9.46. The zero-order valence-corrected chi connectivity index (χ0v) is 16.7. The van der Waals surface area contributed by atoms with Crippen molar-refractivity contribution >= 4 is 35.0 Å². The number of amides is 3. The van der Waals surface area contributed by atoms with E-state index in [1.165, 1.54) is 18.1 Å². The molecular weight excluding hydrogens is 412 g/mol. The van der Waals surface area contributed by atoms with E-state index in [2.05, 4.69) is 10.6 Å². The number of rotatable bonds is 7. The van der Waals surface area contributed by atoms with E-state index in [1.807, 2.05) is 0 Å². The van der Waals surface area contributed by atoms with E-state index in [1.54, 1.807) is 18.2 Å². The summed E-state index contributed by atoms with van der Waals surface area (Å²) >= 11 is 0. The van der Waals surface area contributed by atoms with Crippen LogP contribution in [0.4, 0.5) is 30.6 Å². The molecule has 8 nitrogen and oxygen atoms in total. The maximum atomic E-state index is 13.5. The van der Waals surface area contributed by atoms with Crippen LogP contribution in [0, 0.1) is 17.6 Å². The second-order valence-corrected chi connectivity index (χ2v) is 6.86. The van der Waals surface area contributed by atoms with Gasteiger partial charge in [0.1, 0.15) is 18.2 Å². The number of ether oxygens (including phenoxy) is 2. The molecule has 0 spiro atoms. The zero-order valence-electron chi connectivity index (χ0n) is 16.7. The van der Waals surface area contributed by atoms with Crippen molar-refractivity contribution < 1.29 is 32.6 Å². The smallest absolute Gasteiger partial charge is 0.411 e. The molecule has 0 radical (unpaired) electrons. The molecule has 1 aliphatic heterocycles. The molecule has 0 saturated carbocycles. The maximum Gasteiger partial charge on any atom is 0.411 e. The Labute approximate surface area is 177 Å². The van der Waals surface area contributed by atoms with Crippen molar-refractivity contribution in [2.24, 2.45) is 5.92 Å². The summed E-state index contributed by atoms with van der Waals surface area (Å²) in [6, 6.07) is 9.20. The molecule has 3 rings (SSSR count). The monoisotopic (exact) mass is 433 g/mol. The van der Waals surface area contributed by atoms with Crippen LogP contribution in [0.5, 0.6) is 0 Å². The van der Waals surface area contributed by atoms with E-state index < -0.39 is 35.5 Å². The van der Waals surface area contributed by atoms with Gasteiger partial charge in [0.15, 0.2) is 0 Å². The van der Waals surface area contributed by atoms with Gasteiger partial charge in [0, 0.05) is 43.2 Å². The summed E-state index contributed by atoms with van der Waals surface area (Å²) in [6.07, 6.45) is -0.756. The van der Waals surface area contributed by atoms with Crippen LogP contribution in [0.3, 0.4) is 0 Å². The molecule has 3 amide bonds. The van der Waals surface area contributed by atoms with Crippen LogP contribution in [0.2, 0.25) is 0 Å². The summed E-state index contributed by atoms with van der Waals surface area (Å²) in [5, 5.41) is 5.22. The molecule has 2 aromatic rings. The number of methoxy groups -OCH3 is 1. The molecule has 31 heavy (non-hydrogen) atoms. The standard InChI is InChI=1S/C21H21F2N3O5/c1-30-5-6-31-21(29)25-17-4-2-3-16(11-17)24-20(28)13-7-19(27)26(12-13)18-9-14(22)8-15(23)10-18/h2-4,8-11,13H,5-7,12H2,1H3,(H,24,28)(H,25,29). The number of nitrogens with zero attached hydrogens (tertiary/aromatic N) is 1. The van der Waals surface area contributed by atoms with Gasteiger partial charge in [-0.1, -0.05) is 6.07 Å². The van der Waals surface area contributed by atoms with Gasteiger partial charge < -0.3 is 19.7 Å². The Morgan fingerprint density at radius 3 is 2.42 bits per heavy atom. The summed E-state index contributed by atoms with van der Waals surface area (Å²) in [4.78, 5) is 37.8. The number of hydrogen-bond acceptors (Lipinski definition) is 5. The Morgan fingerprint density at radius 1 is 1.06 bits per heavy atom. The van der Waals surface area contributed by atoms with Crippen molar-refractivity contribution in [1.82, 2.24) is 0 Å². The molecule has 1 saturated heterocycles. The van der Waals surface area contributed by atoms with Crippen molar-refractivity contribution in [2.75, 3.05) is 42.4 Å². The molecule has 1 unspecified atom stereocenters. The fourth-order valence-corrected chi connectivity index (χ4v) is 3.12. The highest BCUT2D eigenvalue weighted by Gasteiger charge is 2.35. The van der Waals surface area contributed by atoms with Crippen LogP contribution < -0.4 is 15.5 Å². The third-order valence-electron chi connectivity index (χ3n) is 4.55. The Hall–Kier alpha value is -3.53. The highest BCUT2D eigenvalue weighted by Crippen LogP contribution is 2.27. The second-order valence-electron chi connectivity index (χ2n) is 6.86. The fraction of sp³-hybridized carbons (Fsp3) is 0.286. The van der Waals surface area contributed by atoms with E-state index in [0.29, 0.717) is 17.4 Å². The molecule has 164 valence electrons. The lowest BCUT2D eigenvalue weighted by atomic mass is 10.1. The normalized spacial score (nSPS) is 15.6. The average molecular weight is 433 g/mol. The van der Waals surface area contributed by atoms with Crippen LogP contribution in [0.1, 0.15) is 6.42 Å². The summed E-state index contributed by atoms with van der Waals surface area (Å²) in [5.74, 6) is -3.14. The molecular formula is C21H21F2N3O5. The van der Waals surface area contributed by atoms with Gasteiger partial charge in [-0.15, -0.1) is 0 Å². The molecule has 2 N–H and O–H groups in total. The number of nitrogens with one attached hydrogen (secondary N) is 2. The quantitative estimate of drug-likeness (QED) is 0.654. The lowest BCUT2D eigenvalue weighted by Gasteiger charge is -2.17. The predicted molar refractivity (Wildman–Crippen MR) is 109 cm³/mol. The van der Waals surface area contributed by atoms with Gasteiger partial charge in [-0.05, 0) is 30.3 Å². The Balaban J connectivity index is 1.60. The zero-order chi connectivity index (χ0) is 22.4. The number of benzene rings is 2. The molecule has 1 heterocycles. The summed E-state index contributed by atoms with van der Waals surface area (Å²) in [7, 11) is 1.49. The third kappa shape index (κ3) is 5.98. The number of anilines is 3. The highest BCUT2D eigenvalue weighted by molar-refractivity contribution is 6.03. The molecule has 10 heteroatoms. The molecule has 2 aromatic carbocycles. The van der Waals surface area contributed by atoms with E-state index in [4.69, 9.17) is 9.47 Å². The molecule has 1 aliphatic rings. The Bertz CT molecular complexity index is 965. The topological polar surface area (TPSA) is 97.0 Å². The van der Waals surface area contributed by atoms with Gasteiger partial charge in [0.05, 0.1) is 12.5 Å². The third-order valence-corrected chi connectivity index (χ3v) is 4.55. The fourth-order valence-electron chi connectivity index (χ4n) is 3.12. The molecule has 1 fully saturated rings. The maximum absolute atomic E-state index is 13.5. The Morgan fingerprint density at radius 2 is 1.74 bits per heavy atom. The van der Waals surface area contributed by atoms with E-state index in [9.17, 15) is 23.2 Å². The van der Waals surface area contributed by atoms with Gasteiger partial charge in [-0.25, -0.2) is 13.6 Å². The largest absolute Gasteiger partial charge is 0.447 e. The minimum Gasteiger partial charge on any atom is -0.447 e. The summed E-state index contributed by atoms with van der Waals surface area (Å²) < 4.78 is 36.6. The van der Waals surface area contributed by atoms with E-state index in [0.717, 1.165) is 12.1 Å². The van der Waals surface area contributed by atoms with E-state index >= 15 is 0 Å². The van der Waals surface area contributed by atoms with Crippen molar-refractivity contribution in [3.63, 3.8) is 0 Å². The SMILES string of the molecule is COCCOC(=O)Nc1cccc(NC(=O)C2CC(=O)N(c3cc(F)cc(F)c3)C2)c1. The Kier molecular flexibility index (Phi) is 7.14. The number of carbonyl (C=O) groups excluding carboxylic acids is 3. The summed E-state index contributed by atoms with van der Waals surface area (Å²) in [6.45, 7) is 0.362. The van der Waals surface area contributed by atoms with Gasteiger partial charge in [0.25, 0.3) is 0 Å². The van der Waals surface area contributed by atoms with Crippen LogP contribution in [-0.4, -0.2) is 44.8 Å². The predicted octanol–water partition coefficient (Wildman–Crippen LogP) is 3.15. The average Bonchev–Trinajstić information content (AvgIpc) is 3.09. The van der Waals surface area contributed by atoms with Crippen molar-refractivity contribution in [3.05, 3.63) is 54.1 Å². The van der Waals surface area contributed by atoms with Crippen molar-refractivity contribution in [2.45, 2.75) is 6.42 Å². The van der Waals surface area contributed by atoms with Crippen LogP contribution >= 0.6 is 0 Å². The molecule has 0 aliphatic carbocycles. The minimum atomic E-state index is -0.805. The number of hydrogen-bond donors (Lipinski definition) is 2. The highest BCUT2D eigenvalue weighted by atomic mass is 19.1. The molecule has 0 bridgehead atoms. The van der Waals surface area contributed by atoms with Crippen LogP contribution in [0.15, 0.2) is 42.5 Å². The lowest BCUT2D eigenvalue weighted by molar-refractivity contribution is -0.122. The first-order chi connectivity index (χ1) is 14.9. The van der Waals surface area contributed by atoms with Gasteiger partial charge in [-0.3, -0.25) is 14.9 Å². The van der Waals surface area contributed by atoms with Crippen molar-refractivity contribution in [1.29, 1.82) is 0 Å². The first-order valence-electron chi connectivity index (χ1n) is 9.46. The van der Waals surface area contributed by atoms with E-state index in [-0.39, 0.29) is 31.9 Å². The van der Waals surface area contributed by atoms with Crippen LogP contribution in [-0.2, 0) is 19.1 Å². The summed E-state index contributed by atoms with van der Waals surface area (Å²) in [5.41, 5.74) is 0.873. The van der Waals surface area contributed by atoms with Gasteiger partial charge in [0.2, 0.25) is 11.8 Å². The number of halogens is 2. The second kappa shape index (κ2) is 9.98. The minimum absolute atomic E-state index is 0.00265. The van der Waals surface area contributed by atoms with Crippen molar-refractivity contribution in [3.8, 4) is 0 Å².